The number of rotatable bonds is 4. The van der Waals surface area contributed by atoms with Crippen LogP contribution in [-0.4, -0.2) is 35.7 Å². The lowest BCUT2D eigenvalue weighted by atomic mass is 9.89. The minimum atomic E-state index is -3.80. The van der Waals surface area contributed by atoms with Gasteiger partial charge in [0, 0.05) is 13.6 Å². The normalized spacial score (nSPS) is 14.8. The van der Waals surface area contributed by atoms with Crippen LogP contribution in [0.2, 0.25) is 5.15 Å². The number of aryl methyl sites for hydroxylation is 1. The van der Waals surface area contributed by atoms with Gasteiger partial charge in [-0.1, -0.05) is 32.4 Å². The second-order valence-corrected chi connectivity index (χ2v) is 7.23. The van der Waals surface area contributed by atoms with Crippen molar-refractivity contribution in [3.63, 3.8) is 0 Å². The summed E-state index contributed by atoms with van der Waals surface area (Å²) in [6.07, 6.45) is 0.520. The number of aliphatic hydroxyl groups is 1. The Balaban J connectivity index is 2.82. The highest BCUT2D eigenvalue weighted by Crippen LogP contribution is 2.21. The first-order valence-electron chi connectivity index (χ1n) is 5.40. The molecule has 0 aliphatic rings. The van der Waals surface area contributed by atoms with Crippen molar-refractivity contribution in [2.75, 3.05) is 6.54 Å². The van der Waals surface area contributed by atoms with Crippen LogP contribution in [0.15, 0.2) is 11.4 Å². The molecule has 1 aromatic heterocycles. The molecule has 1 aromatic rings. The van der Waals surface area contributed by atoms with E-state index in [0.717, 1.165) is 0 Å². The van der Waals surface area contributed by atoms with E-state index < -0.39 is 21.5 Å². The predicted molar refractivity (Wildman–Crippen MR) is 68.9 cm³/mol. The van der Waals surface area contributed by atoms with Crippen molar-refractivity contribution in [1.82, 2.24) is 14.3 Å². The number of nitrogens with one attached hydrogen (secondary N) is 1. The fourth-order valence-corrected chi connectivity index (χ4v) is 2.60. The van der Waals surface area contributed by atoms with Crippen molar-refractivity contribution in [3.05, 3.63) is 11.5 Å². The third-order valence-electron chi connectivity index (χ3n) is 2.56. The van der Waals surface area contributed by atoms with Gasteiger partial charge < -0.3 is 9.67 Å². The van der Waals surface area contributed by atoms with E-state index >= 15 is 0 Å². The number of nitrogens with zero attached hydrogens (tertiary/aromatic N) is 2. The van der Waals surface area contributed by atoms with E-state index in [2.05, 4.69) is 9.71 Å². The van der Waals surface area contributed by atoms with Crippen LogP contribution >= 0.6 is 11.6 Å². The van der Waals surface area contributed by atoms with Crippen molar-refractivity contribution in [1.29, 1.82) is 0 Å². The Morgan fingerprint density at radius 1 is 1.56 bits per heavy atom. The van der Waals surface area contributed by atoms with Crippen molar-refractivity contribution in [2.45, 2.75) is 31.9 Å². The number of sulfonamides is 1. The van der Waals surface area contributed by atoms with Gasteiger partial charge in [0.05, 0.1) is 12.4 Å². The van der Waals surface area contributed by atoms with Crippen LogP contribution in [0.4, 0.5) is 0 Å². The van der Waals surface area contributed by atoms with Crippen LogP contribution in [0.3, 0.4) is 0 Å². The maximum Gasteiger partial charge on any atom is 0.261 e. The summed E-state index contributed by atoms with van der Waals surface area (Å²) in [6, 6.07) is 0. The summed E-state index contributed by atoms with van der Waals surface area (Å²) in [4.78, 5) is 3.73. The van der Waals surface area contributed by atoms with E-state index in [-0.39, 0.29) is 16.7 Å². The Kier molecular flexibility index (Phi) is 4.42. The first-order valence-corrected chi connectivity index (χ1v) is 7.26. The average Bonchev–Trinajstić information content (AvgIpc) is 2.55. The Hall–Kier alpha value is -0.630. The lowest BCUT2D eigenvalue weighted by Gasteiger charge is -2.25. The fraction of sp³-hybridized carbons (Fsp3) is 0.700. The maximum absolute atomic E-state index is 11.9. The first-order chi connectivity index (χ1) is 8.05. The highest BCUT2D eigenvalue weighted by atomic mass is 35.5. The van der Waals surface area contributed by atoms with Gasteiger partial charge in [-0.15, -0.1) is 0 Å². The zero-order valence-corrected chi connectivity index (χ0v) is 12.4. The molecule has 0 bridgehead atoms. The van der Waals surface area contributed by atoms with Gasteiger partial charge in [-0.05, 0) is 5.41 Å². The van der Waals surface area contributed by atoms with Gasteiger partial charge in [-0.2, -0.15) is 0 Å². The molecule has 0 saturated carbocycles. The molecule has 0 amide bonds. The molecule has 1 heterocycles. The van der Waals surface area contributed by atoms with Crippen LogP contribution in [-0.2, 0) is 17.1 Å². The molecule has 18 heavy (non-hydrogen) atoms. The second kappa shape index (κ2) is 5.16. The van der Waals surface area contributed by atoms with Crippen molar-refractivity contribution in [3.8, 4) is 0 Å². The smallest absolute Gasteiger partial charge is 0.261 e. The summed E-state index contributed by atoms with van der Waals surface area (Å²) in [7, 11) is -2.20. The summed E-state index contributed by atoms with van der Waals surface area (Å²) >= 11 is 5.82. The molecule has 104 valence electrons. The minimum absolute atomic E-state index is 0.0350. The van der Waals surface area contributed by atoms with E-state index in [1.54, 1.807) is 7.05 Å². The van der Waals surface area contributed by atoms with Crippen molar-refractivity contribution in [2.24, 2.45) is 12.5 Å². The molecule has 0 aromatic carbocycles. The van der Waals surface area contributed by atoms with Gasteiger partial charge in [0.1, 0.15) is 5.15 Å². The predicted octanol–water partition coefficient (Wildman–Crippen LogP) is 0.759. The van der Waals surface area contributed by atoms with E-state index in [1.165, 1.54) is 10.9 Å². The van der Waals surface area contributed by atoms with Crippen molar-refractivity contribution < 1.29 is 13.5 Å². The van der Waals surface area contributed by atoms with E-state index in [0.29, 0.717) is 0 Å². The standard InChI is InChI=1S/C10H18ClN3O3S/c1-10(2,3)7(15)5-13-18(16,17)9-8(11)14(4)6-12-9/h6-7,13,15H,5H2,1-4H3. The van der Waals surface area contributed by atoms with Gasteiger partial charge in [-0.25, -0.2) is 18.1 Å². The summed E-state index contributed by atoms with van der Waals surface area (Å²) < 4.78 is 27.5. The van der Waals surface area contributed by atoms with Crippen LogP contribution in [0, 0.1) is 5.41 Å². The molecular weight excluding hydrogens is 278 g/mol. The molecule has 0 fully saturated rings. The highest BCUT2D eigenvalue weighted by Gasteiger charge is 2.27. The first kappa shape index (κ1) is 15.4. The molecule has 1 unspecified atom stereocenters. The average molecular weight is 296 g/mol. The van der Waals surface area contributed by atoms with E-state index in [1.807, 2.05) is 20.8 Å². The largest absolute Gasteiger partial charge is 0.391 e. The second-order valence-electron chi connectivity index (χ2n) is 5.19. The monoisotopic (exact) mass is 295 g/mol. The lowest BCUT2D eigenvalue weighted by Crippen LogP contribution is -2.39. The molecule has 0 saturated heterocycles. The van der Waals surface area contributed by atoms with Crippen LogP contribution in [0.5, 0.6) is 0 Å². The number of aromatic nitrogens is 2. The molecule has 0 aliphatic heterocycles. The van der Waals surface area contributed by atoms with Crippen molar-refractivity contribution >= 4 is 21.6 Å². The molecule has 0 spiro atoms. The highest BCUT2D eigenvalue weighted by molar-refractivity contribution is 7.89. The Morgan fingerprint density at radius 2 is 2.11 bits per heavy atom. The van der Waals surface area contributed by atoms with Gasteiger partial charge >= 0.3 is 0 Å². The summed E-state index contributed by atoms with van der Waals surface area (Å²) in [5.74, 6) is 0. The number of halogens is 1. The fourth-order valence-electron chi connectivity index (χ4n) is 1.14. The molecule has 2 N–H and O–H groups in total. The summed E-state index contributed by atoms with van der Waals surface area (Å²) in [5.41, 5.74) is -0.406. The third kappa shape index (κ3) is 3.44. The number of aliphatic hydroxyl groups excluding tert-OH is 1. The molecule has 0 radical (unpaired) electrons. The number of imidazole rings is 1. The third-order valence-corrected chi connectivity index (χ3v) is 4.47. The van der Waals surface area contributed by atoms with Gasteiger partial charge in [-0.3, -0.25) is 0 Å². The zero-order valence-electron chi connectivity index (χ0n) is 10.8. The molecule has 0 aliphatic carbocycles. The molecular formula is C10H18ClN3O3S. The number of hydrogen-bond acceptors (Lipinski definition) is 4. The van der Waals surface area contributed by atoms with Crippen LogP contribution in [0.25, 0.3) is 0 Å². The molecule has 1 atom stereocenters. The van der Waals surface area contributed by atoms with Gasteiger partial charge in [0.25, 0.3) is 10.0 Å². The Bertz CT molecular complexity index is 519. The number of hydrogen-bond donors (Lipinski definition) is 2. The topological polar surface area (TPSA) is 84.2 Å². The lowest BCUT2D eigenvalue weighted by molar-refractivity contribution is 0.0677. The maximum atomic E-state index is 11.9. The van der Waals surface area contributed by atoms with E-state index in [9.17, 15) is 13.5 Å². The van der Waals surface area contributed by atoms with E-state index in [4.69, 9.17) is 11.6 Å². The minimum Gasteiger partial charge on any atom is -0.391 e. The zero-order chi connectivity index (χ0) is 14.1. The quantitative estimate of drug-likeness (QED) is 0.859. The molecule has 1 rings (SSSR count). The molecule has 6 nitrogen and oxygen atoms in total. The van der Waals surface area contributed by atoms with Crippen LogP contribution in [0.1, 0.15) is 20.8 Å². The Labute approximate surface area is 112 Å². The van der Waals surface area contributed by atoms with Crippen LogP contribution < -0.4 is 4.72 Å². The summed E-state index contributed by atoms with van der Waals surface area (Å²) in [5, 5.41) is 9.59. The molecule has 8 heteroatoms. The van der Waals surface area contributed by atoms with Gasteiger partial charge in [0.15, 0.2) is 0 Å². The Morgan fingerprint density at radius 3 is 2.50 bits per heavy atom. The SMILES string of the molecule is Cn1cnc(S(=O)(=O)NCC(O)C(C)(C)C)c1Cl. The summed E-state index contributed by atoms with van der Waals surface area (Å²) in [6.45, 7) is 5.37. The van der Waals surface area contributed by atoms with Gasteiger partial charge in [0.2, 0.25) is 5.03 Å².